The van der Waals surface area contributed by atoms with Crippen LogP contribution in [0.25, 0.3) is 0 Å². The summed E-state index contributed by atoms with van der Waals surface area (Å²) in [6.07, 6.45) is 2.00. The van der Waals surface area contributed by atoms with E-state index < -0.39 is 5.97 Å². The Bertz CT molecular complexity index is 645. The van der Waals surface area contributed by atoms with Crippen molar-refractivity contribution in [2.45, 2.75) is 26.2 Å². The summed E-state index contributed by atoms with van der Waals surface area (Å²) in [5, 5.41) is 13.7. The van der Waals surface area contributed by atoms with Gasteiger partial charge in [0.2, 0.25) is 0 Å². The molecule has 0 aliphatic rings. The number of aromatic carboxylic acids is 1. The lowest BCUT2D eigenvalue weighted by molar-refractivity contribution is 0.0690. The summed E-state index contributed by atoms with van der Waals surface area (Å²) >= 11 is 1.27. The van der Waals surface area contributed by atoms with Gasteiger partial charge in [0.1, 0.15) is 5.76 Å². The molecule has 2 rings (SSSR count). The Morgan fingerprint density at radius 2 is 2.24 bits per heavy atom. The summed E-state index contributed by atoms with van der Waals surface area (Å²) in [5.41, 5.74) is 0.577. The zero-order valence-corrected chi connectivity index (χ0v) is 12.6. The average molecular weight is 308 g/mol. The Morgan fingerprint density at radius 3 is 2.86 bits per heavy atom. The molecule has 0 unspecified atom stereocenters. The molecule has 0 fully saturated rings. The van der Waals surface area contributed by atoms with Gasteiger partial charge in [0.25, 0.3) is 5.91 Å². The predicted molar refractivity (Wildman–Crippen MR) is 77.9 cm³/mol. The number of hydrogen-bond acceptors (Lipinski definition) is 5. The molecule has 7 heteroatoms. The summed E-state index contributed by atoms with van der Waals surface area (Å²) in [7, 11) is 0. The maximum atomic E-state index is 12.1. The zero-order valence-electron chi connectivity index (χ0n) is 11.8. The number of thiazole rings is 1. The molecular formula is C14H16N2O4S. The number of carbonyl (C=O) groups is 2. The third-order valence-corrected chi connectivity index (χ3v) is 3.77. The van der Waals surface area contributed by atoms with Crippen molar-refractivity contribution in [1.29, 1.82) is 0 Å². The molecule has 0 aliphatic heterocycles. The van der Waals surface area contributed by atoms with Crippen LogP contribution in [0.1, 0.15) is 51.4 Å². The Kier molecular flexibility index (Phi) is 4.74. The number of carboxylic acids is 1. The first-order chi connectivity index (χ1) is 9.99. The molecule has 112 valence electrons. The van der Waals surface area contributed by atoms with Crippen molar-refractivity contribution in [3.8, 4) is 0 Å². The first-order valence-electron chi connectivity index (χ1n) is 6.52. The van der Waals surface area contributed by atoms with Crippen molar-refractivity contribution in [2.75, 3.05) is 6.54 Å². The van der Waals surface area contributed by atoms with Crippen molar-refractivity contribution in [3.05, 3.63) is 39.7 Å². The third-order valence-electron chi connectivity index (χ3n) is 2.86. The molecular weight excluding hydrogens is 292 g/mol. The van der Waals surface area contributed by atoms with Gasteiger partial charge in [0, 0.05) is 24.3 Å². The van der Waals surface area contributed by atoms with Gasteiger partial charge < -0.3 is 14.8 Å². The smallest absolute Gasteiger partial charge is 0.355 e. The number of aromatic nitrogens is 1. The van der Waals surface area contributed by atoms with Crippen LogP contribution in [0.15, 0.2) is 22.1 Å². The number of rotatable bonds is 6. The van der Waals surface area contributed by atoms with Crippen LogP contribution < -0.4 is 5.32 Å². The lowest BCUT2D eigenvalue weighted by Crippen LogP contribution is -2.26. The van der Waals surface area contributed by atoms with E-state index in [2.05, 4.69) is 10.3 Å². The SMILES string of the molecule is CC(C)c1occc1C(=O)NCCc1nc(C(=O)O)cs1. The molecule has 2 N–H and O–H groups in total. The summed E-state index contributed by atoms with van der Waals surface area (Å²) in [4.78, 5) is 26.7. The molecule has 2 aromatic heterocycles. The molecule has 0 saturated carbocycles. The first-order valence-corrected chi connectivity index (χ1v) is 7.40. The minimum absolute atomic E-state index is 0.0401. The van der Waals surface area contributed by atoms with Gasteiger partial charge in [-0.05, 0) is 6.07 Å². The van der Waals surface area contributed by atoms with Crippen molar-refractivity contribution in [3.63, 3.8) is 0 Å². The normalized spacial score (nSPS) is 10.8. The van der Waals surface area contributed by atoms with E-state index in [1.807, 2.05) is 13.8 Å². The minimum Gasteiger partial charge on any atom is -0.476 e. The Labute approximate surface area is 125 Å². The Balaban J connectivity index is 1.89. The lowest BCUT2D eigenvalue weighted by atomic mass is 10.1. The highest BCUT2D eigenvalue weighted by Gasteiger charge is 2.17. The van der Waals surface area contributed by atoms with Gasteiger partial charge >= 0.3 is 5.97 Å². The monoisotopic (exact) mass is 308 g/mol. The van der Waals surface area contributed by atoms with Crippen molar-refractivity contribution < 1.29 is 19.1 Å². The molecule has 0 atom stereocenters. The number of furan rings is 1. The first kappa shape index (κ1) is 15.2. The zero-order chi connectivity index (χ0) is 15.4. The van der Waals surface area contributed by atoms with E-state index in [1.54, 1.807) is 6.07 Å². The fraction of sp³-hybridized carbons (Fsp3) is 0.357. The van der Waals surface area contributed by atoms with Crippen molar-refractivity contribution >= 4 is 23.2 Å². The highest BCUT2D eigenvalue weighted by atomic mass is 32.1. The number of carbonyl (C=O) groups excluding carboxylic acids is 1. The van der Waals surface area contributed by atoms with E-state index in [-0.39, 0.29) is 17.5 Å². The largest absolute Gasteiger partial charge is 0.476 e. The lowest BCUT2D eigenvalue weighted by Gasteiger charge is -2.06. The van der Waals surface area contributed by atoms with E-state index in [9.17, 15) is 9.59 Å². The molecule has 2 heterocycles. The number of nitrogens with one attached hydrogen (secondary N) is 1. The third kappa shape index (κ3) is 3.69. The number of amides is 1. The molecule has 6 nitrogen and oxygen atoms in total. The molecule has 0 aromatic carbocycles. The highest BCUT2D eigenvalue weighted by Crippen LogP contribution is 2.20. The second-order valence-corrected chi connectivity index (χ2v) is 5.73. The second-order valence-electron chi connectivity index (χ2n) is 4.79. The van der Waals surface area contributed by atoms with Gasteiger partial charge in [0.05, 0.1) is 16.8 Å². The van der Waals surface area contributed by atoms with E-state index >= 15 is 0 Å². The van der Waals surface area contributed by atoms with Crippen LogP contribution in [-0.4, -0.2) is 28.5 Å². The maximum Gasteiger partial charge on any atom is 0.355 e. The van der Waals surface area contributed by atoms with Crippen molar-refractivity contribution in [2.24, 2.45) is 0 Å². The second kappa shape index (κ2) is 6.53. The van der Waals surface area contributed by atoms with Crippen LogP contribution in [-0.2, 0) is 6.42 Å². The molecule has 0 aliphatic carbocycles. The average Bonchev–Trinajstić information content (AvgIpc) is 3.07. The molecule has 0 spiro atoms. The van der Waals surface area contributed by atoms with Gasteiger partial charge in [0.15, 0.2) is 5.69 Å². The Morgan fingerprint density at radius 1 is 1.48 bits per heavy atom. The van der Waals surface area contributed by atoms with Crippen LogP contribution >= 0.6 is 11.3 Å². The van der Waals surface area contributed by atoms with E-state index in [0.717, 1.165) is 0 Å². The fourth-order valence-electron chi connectivity index (χ4n) is 1.86. The quantitative estimate of drug-likeness (QED) is 0.855. The fourth-order valence-corrected chi connectivity index (χ4v) is 2.63. The standard InChI is InChI=1S/C14H16N2O4S/c1-8(2)12-9(4-6-20-12)13(17)15-5-3-11-16-10(7-21-11)14(18)19/h4,6-8H,3,5H2,1-2H3,(H,15,17)(H,18,19). The maximum absolute atomic E-state index is 12.1. The van der Waals surface area contributed by atoms with Crippen LogP contribution in [0.2, 0.25) is 0 Å². The van der Waals surface area contributed by atoms with Crippen LogP contribution in [0.5, 0.6) is 0 Å². The molecule has 0 saturated heterocycles. The molecule has 1 amide bonds. The van der Waals surface area contributed by atoms with E-state index in [4.69, 9.17) is 9.52 Å². The van der Waals surface area contributed by atoms with Gasteiger partial charge in [-0.3, -0.25) is 4.79 Å². The van der Waals surface area contributed by atoms with Crippen molar-refractivity contribution in [1.82, 2.24) is 10.3 Å². The van der Waals surface area contributed by atoms with Gasteiger partial charge in [-0.2, -0.15) is 0 Å². The highest BCUT2D eigenvalue weighted by molar-refractivity contribution is 7.09. The van der Waals surface area contributed by atoms with Gasteiger partial charge in [-0.15, -0.1) is 11.3 Å². The van der Waals surface area contributed by atoms with Crippen LogP contribution in [0, 0.1) is 0 Å². The number of nitrogens with zero attached hydrogens (tertiary/aromatic N) is 1. The van der Waals surface area contributed by atoms with Gasteiger partial charge in [-0.25, -0.2) is 9.78 Å². The molecule has 0 bridgehead atoms. The summed E-state index contributed by atoms with van der Waals surface area (Å²) in [5.74, 6) is -0.434. The summed E-state index contributed by atoms with van der Waals surface area (Å²) in [6, 6.07) is 1.65. The number of hydrogen-bond donors (Lipinski definition) is 2. The summed E-state index contributed by atoms with van der Waals surface area (Å²) < 4.78 is 5.31. The van der Waals surface area contributed by atoms with E-state index in [1.165, 1.54) is 23.0 Å². The number of carboxylic acid groups (broad SMARTS) is 1. The molecule has 2 aromatic rings. The molecule has 0 radical (unpaired) electrons. The van der Waals surface area contributed by atoms with Crippen LogP contribution in [0.3, 0.4) is 0 Å². The van der Waals surface area contributed by atoms with Crippen LogP contribution in [0.4, 0.5) is 0 Å². The Hall–Kier alpha value is -2.15. The molecule has 21 heavy (non-hydrogen) atoms. The van der Waals surface area contributed by atoms with E-state index in [0.29, 0.717) is 29.3 Å². The minimum atomic E-state index is -1.04. The summed E-state index contributed by atoms with van der Waals surface area (Å²) in [6.45, 7) is 4.31. The topological polar surface area (TPSA) is 92.4 Å². The van der Waals surface area contributed by atoms with Gasteiger partial charge in [-0.1, -0.05) is 13.8 Å². The predicted octanol–water partition coefficient (Wildman–Crippen LogP) is 2.53.